The molecule has 142 valence electrons. The molecule has 1 amide bonds. The number of carbonyl (C=O) groups excluding carboxylic acids is 1. The Morgan fingerprint density at radius 3 is 2.35 bits per heavy atom. The van der Waals surface area contributed by atoms with Crippen LogP contribution in [0.3, 0.4) is 0 Å². The molecule has 0 aliphatic heterocycles. The highest BCUT2D eigenvalue weighted by atomic mass is 32.1. The number of rotatable bonds is 5. The van der Waals surface area contributed by atoms with Crippen LogP contribution in [0, 0.1) is 41.8 Å². The molecule has 1 heterocycles. The molecule has 4 fully saturated rings. The monoisotopic (exact) mass is 373 g/mol. The third-order valence-electron chi connectivity index (χ3n) is 7.44. The van der Waals surface area contributed by atoms with Gasteiger partial charge in [0.25, 0.3) is 0 Å². The van der Waals surface area contributed by atoms with E-state index in [9.17, 15) is 4.79 Å². The summed E-state index contributed by atoms with van der Waals surface area (Å²) in [4.78, 5) is 20.1. The molecule has 0 radical (unpaired) electrons. The second kappa shape index (κ2) is 6.74. The average Bonchev–Trinajstić information content (AvgIpc) is 2.52. The van der Waals surface area contributed by atoms with Crippen molar-refractivity contribution in [3.63, 3.8) is 0 Å². The fraction of sp³-hybridized carbons (Fsp3) is 0.762. The lowest BCUT2D eigenvalue weighted by Gasteiger charge is -2.59. The van der Waals surface area contributed by atoms with Gasteiger partial charge in [0.2, 0.25) is 5.91 Å². The standard InChI is InChI=1S/C21H31N3OS/c1-12-18(13(2)23-20(26)22-12)4-5-19(25)24-14(3)21-9-15-6-16(10-21)8-17(7-15)11-21/h14-17H,4-11H2,1-3H3,(H,24,25)(H,22,23,26). The fourth-order valence-corrected chi connectivity index (χ4v) is 6.83. The quantitative estimate of drug-likeness (QED) is 0.752. The Kier molecular flexibility index (Phi) is 4.70. The van der Waals surface area contributed by atoms with Crippen LogP contribution in [0.25, 0.3) is 0 Å². The molecule has 0 spiro atoms. The number of carbonyl (C=O) groups is 1. The maximum atomic E-state index is 12.6. The van der Waals surface area contributed by atoms with Crippen LogP contribution in [0.4, 0.5) is 0 Å². The van der Waals surface area contributed by atoms with Gasteiger partial charge >= 0.3 is 0 Å². The van der Waals surface area contributed by atoms with E-state index in [-0.39, 0.29) is 5.91 Å². The topological polar surface area (TPSA) is 57.8 Å². The van der Waals surface area contributed by atoms with Crippen molar-refractivity contribution in [2.45, 2.75) is 78.2 Å². The number of aromatic amines is 1. The first-order valence-electron chi connectivity index (χ1n) is 10.2. The zero-order valence-corrected chi connectivity index (χ0v) is 17.0. The summed E-state index contributed by atoms with van der Waals surface area (Å²) in [7, 11) is 0. The SMILES string of the molecule is Cc1nc(=S)[nH]c(C)c1CCC(=O)NC(C)C12CC3CC(CC(C3)C1)C2. The van der Waals surface area contributed by atoms with Crippen molar-refractivity contribution in [1.82, 2.24) is 15.3 Å². The Morgan fingerprint density at radius 1 is 1.23 bits per heavy atom. The third-order valence-corrected chi connectivity index (χ3v) is 7.63. The molecule has 4 bridgehead atoms. The van der Waals surface area contributed by atoms with Crippen molar-refractivity contribution in [1.29, 1.82) is 0 Å². The summed E-state index contributed by atoms with van der Waals surface area (Å²) in [6, 6.07) is 0.297. The maximum Gasteiger partial charge on any atom is 0.220 e. The van der Waals surface area contributed by atoms with E-state index >= 15 is 0 Å². The second-order valence-corrected chi connectivity index (χ2v) is 9.69. The highest BCUT2D eigenvalue weighted by Crippen LogP contribution is 2.61. The van der Waals surface area contributed by atoms with Crippen molar-refractivity contribution in [2.75, 3.05) is 0 Å². The average molecular weight is 374 g/mol. The van der Waals surface area contributed by atoms with Gasteiger partial charge in [-0.05, 0) is 107 Å². The summed E-state index contributed by atoms with van der Waals surface area (Å²) < 4.78 is 0.517. The summed E-state index contributed by atoms with van der Waals surface area (Å²) in [6.07, 6.45) is 9.57. The molecule has 2 N–H and O–H groups in total. The highest BCUT2D eigenvalue weighted by molar-refractivity contribution is 7.71. The molecule has 1 aromatic heterocycles. The molecule has 1 atom stereocenters. The van der Waals surface area contributed by atoms with Gasteiger partial charge in [0.15, 0.2) is 4.77 Å². The zero-order valence-electron chi connectivity index (χ0n) is 16.2. The minimum absolute atomic E-state index is 0.175. The molecule has 0 aromatic carbocycles. The van der Waals surface area contributed by atoms with Gasteiger partial charge in [0.1, 0.15) is 0 Å². The number of nitrogens with zero attached hydrogens (tertiary/aromatic N) is 1. The molecule has 0 saturated heterocycles. The summed E-state index contributed by atoms with van der Waals surface area (Å²) >= 11 is 5.12. The molecule has 1 aromatic rings. The fourth-order valence-electron chi connectivity index (χ4n) is 6.54. The molecule has 4 nitrogen and oxygen atoms in total. The van der Waals surface area contributed by atoms with Crippen molar-refractivity contribution >= 4 is 18.1 Å². The van der Waals surface area contributed by atoms with E-state index in [1.165, 1.54) is 38.5 Å². The number of aryl methyl sites for hydroxylation is 2. The van der Waals surface area contributed by atoms with E-state index in [2.05, 4.69) is 22.2 Å². The first-order chi connectivity index (χ1) is 12.3. The van der Waals surface area contributed by atoms with E-state index in [0.29, 0.717) is 22.6 Å². The van der Waals surface area contributed by atoms with Crippen LogP contribution in [0.15, 0.2) is 0 Å². The zero-order chi connectivity index (χ0) is 18.5. The number of H-pyrrole nitrogens is 1. The lowest BCUT2D eigenvalue weighted by atomic mass is 9.48. The molecule has 26 heavy (non-hydrogen) atoms. The molecule has 1 unspecified atom stereocenters. The second-order valence-electron chi connectivity index (χ2n) is 9.30. The Hall–Kier alpha value is -1.23. The van der Waals surface area contributed by atoms with Gasteiger partial charge in [-0.1, -0.05) is 0 Å². The summed E-state index contributed by atoms with van der Waals surface area (Å²) in [5.74, 6) is 2.94. The summed E-state index contributed by atoms with van der Waals surface area (Å²) in [5, 5.41) is 3.37. The van der Waals surface area contributed by atoms with Crippen LogP contribution in [0.2, 0.25) is 0 Å². The summed E-state index contributed by atoms with van der Waals surface area (Å²) in [5.41, 5.74) is 3.46. The number of nitrogens with one attached hydrogen (secondary N) is 2. The maximum absolute atomic E-state index is 12.6. The molecule has 4 aliphatic carbocycles. The Labute approximate surface area is 161 Å². The lowest BCUT2D eigenvalue weighted by molar-refractivity contribution is -0.125. The van der Waals surface area contributed by atoms with Gasteiger partial charge in [-0.15, -0.1) is 0 Å². The first-order valence-corrected chi connectivity index (χ1v) is 10.6. The van der Waals surface area contributed by atoms with E-state index < -0.39 is 0 Å². The first kappa shape index (κ1) is 18.1. The van der Waals surface area contributed by atoms with Gasteiger partial charge in [0, 0.05) is 23.9 Å². The number of amides is 1. The van der Waals surface area contributed by atoms with E-state index in [1.54, 1.807) is 0 Å². The summed E-state index contributed by atoms with van der Waals surface area (Å²) in [6.45, 7) is 6.24. The predicted molar refractivity (Wildman–Crippen MR) is 105 cm³/mol. The van der Waals surface area contributed by atoms with Gasteiger partial charge in [0.05, 0.1) is 0 Å². The van der Waals surface area contributed by atoms with Crippen molar-refractivity contribution in [2.24, 2.45) is 23.2 Å². The number of hydrogen-bond acceptors (Lipinski definition) is 3. The Balaban J connectivity index is 1.37. The predicted octanol–water partition coefficient (Wildman–Crippen LogP) is 4.41. The largest absolute Gasteiger partial charge is 0.353 e. The highest BCUT2D eigenvalue weighted by Gasteiger charge is 2.53. The van der Waals surface area contributed by atoms with Gasteiger partial charge in [-0.25, -0.2) is 4.98 Å². The van der Waals surface area contributed by atoms with E-state index in [0.717, 1.165) is 41.1 Å². The molecular formula is C21H31N3OS. The van der Waals surface area contributed by atoms with E-state index in [1.807, 2.05) is 13.8 Å². The molecule has 5 heteroatoms. The Bertz CT molecular complexity index is 707. The smallest absolute Gasteiger partial charge is 0.220 e. The minimum Gasteiger partial charge on any atom is -0.353 e. The minimum atomic E-state index is 0.175. The van der Waals surface area contributed by atoms with Crippen LogP contribution in [-0.4, -0.2) is 21.9 Å². The molecule has 5 rings (SSSR count). The van der Waals surface area contributed by atoms with E-state index in [4.69, 9.17) is 12.2 Å². The van der Waals surface area contributed by atoms with Crippen molar-refractivity contribution < 1.29 is 4.79 Å². The molecule has 4 aliphatic rings. The van der Waals surface area contributed by atoms with Crippen LogP contribution in [0.5, 0.6) is 0 Å². The Morgan fingerprint density at radius 2 is 1.81 bits per heavy atom. The van der Waals surface area contributed by atoms with Crippen LogP contribution in [-0.2, 0) is 11.2 Å². The number of aromatic nitrogens is 2. The van der Waals surface area contributed by atoms with Gasteiger partial charge < -0.3 is 10.3 Å². The van der Waals surface area contributed by atoms with Gasteiger partial charge in [-0.3, -0.25) is 4.79 Å². The normalized spacial score (nSPS) is 33.3. The molecular weight excluding hydrogens is 342 g/mol. The number of hydrogen-bond donors (Lipinski definition) is 2. The lowest BCUT2D eigenvalue weighted by Crippen LogP contribution is -2.55. The van der Waals surface area contributed by atoms with Crippen LogP contribution >= 0.6 is 12.2 Å². The molecule has 4 saturated carbocycles. The van der Waals surface area contributed by atoms with Crippen molar-refractivity contribution in [3.05, 3.63) is 21.7 Å². The van der Waals surface area contributed by atoms with Crippen LogP contribution in [0.1, 0.15) is 68.8 Å². The van der Waals surface area contributed by atoms with Crippen molar-refractivity contribution in [3.8, 4) is 0 Å². The van der Waals surface area contributed by atoms with Gasteiger partial charge in [-0.2, -0.15) is 0 Å². The van der Waals surface area contributed by atoms with Crippen LogP contribution < -0.4 is 5.32 Å². The third kappa shape index (κ3) is 3.35.